The second kappa shape index (κ2) is 7.74. The first-order chi connectivity index (χ1) is 10.7. The minimum atomic E-state index is -0.361. The van der Waals surface area contributed by atoms with Crippen LogP contribution in [0.1, 0.15) is 6.92 Å². The summed E-state index contributed by atoms with van der Waals surface area (Å²) in [5.74, 6) is 0.227. The molecule has 2 rings (SSSR count). The molecule has 1 amide bonds. The van der Waals surface area contributed by atoms with Gasteiger partial charge in [0, 0.05) is 13.1 Å². The largest absolute Gasteiger partial charge is 0.356 e. The molecular formula is C15H17FN4OS. The van der Waals surface area contributed by atoms with Crippen molar-refractivity contribution in [3.05, 3.63) is 42.7 Å². The van der Waals surface area contributed by atoms with Crippen LogP contribution >= 0.6 is 11.8 Å². The summed E-state index contributed by atoms with van der Waals surface area (Å²) in [7, 11) is 0. The normalized spacial score (nSPS) is 10.5. The van der Waals surface area contributed by atoms with Gasteiger partial charge < -0.3 is 5.32 Å². The van der Waals surface area contributed by atoms with Crippen LogP contribution in [0.15, 0.2) is 42.1 Å². The van der Waals surface area contributed by atoms with Crippen LogP contribution in [-0.4, -0.2) is 33.0 Å². The molecule has 0 radical (unpaired) electrons. The molecule has 1 aromatic heterocycles. The fraction of sp³-hybridized carbons (Fsp3) is 0.267. The summed E-state index contributed by atoms with van der Waals surface area (Å²) in [6.45, 7) is 6.58. The van der Waals surface area contributed by atoms with Crippen molar-refractivity contribution in [1.29, 1.82) is 0 Å². The Kier molecular flexibility index (Phi) is 5.71. The summed E-state index contributed by atoms with van der Waals surface area (Å²) in [4.78, 5) is 11.5. The average Bonchev–Trinajstić information content (AvgIpc) is 2.89. The number of benzene rings is 1. The van der Waals surface area contributed by atoms with E-state index in [-0.39, 0.29) is 17.5 Å². The summed E-state index contributed by atoms with van der Waals surface area (Å²) in [6, 6.07) is 6.39. The summed E-state index contributed by atoms with van der Waals surface area (Å²) in [6.07, 6.45) is 1.68. The third-order valence-corrected chi connectivity index (χ3v) is 3.82. The lowest BCUT2D eigenvalue weighted by molar-refractivity contribution is -0.118. The van der Waals surface area contributed by atoms with Crippen LogP contribution in [-0.2, 0) is 11.3 Å². The first kappa shape index (κ1) is 16.2. The van der Waals surface area contributed by atoms with Crippen molar-refractivity contribution >= 4 is 17.7 Å². The van der Waals surface area contributed by atoms with E-state index < -0.39 is 0 Å². The molecule has 0 aliphatic rings. The van der Waals surface area contributed by atoms with Crippen molar-refractivity contribution in [2.75, 3.05) is 12.3 Å². The van der Waals surface area contributed by atoms with Crippen molar-refractivity contribution in [2.24, 2.45) is 0 Å². The zero-order valence-electron chi connectivity index (χ0n) is 12.3. The number of rotatable bonds is 7. The van der Waals surface area contributed by atoms with Crippen LogP contribution in [0.4, 0.5) is 4.39 Å². The lowest BCUT2D eigenvalue weighted by Crippen LogP contribution is -2.24. The molecule has 0 aliphatic heterocycles. The highest BCUT2D eigenvalue weighted by molar-refractivity contribution is 7.99. The number of thioether (sulfide) groups is 1. The maximum atomic E-state index is 13.9. The Hall–Kier alpha value is -2.15. The van der Waals surface area contributed by atoms with Crippen molar-refractivity contribution < 1.29 is 9.18 Å². The van der Waals surface area contributed by atoms with Crippen molar-refractivity contribution in [1.82, 2.24) is 20.1 Å². The molecule has 116 valence electrons. The number of hydrogen-bond donors (Lipinski definition) is 1. The van der Waals surface area contributed by atoms with Gasteiger partial charge in [-0.25, -0.2) is 4.39 Å². The van der Waals surface area contributed by atoms with Crippen molar-refractivity contribution in [3.8, 4) is 11.4 Å². The van der Waals surface area contributed by atoms with Gasteiger partial charge in [0.15, 0.2) is 11.0 Å². The summed E-state index contributed by atoms with van der Waals surface area (Å²) >= 11 is 1.26. The standard InChI is InChI=1S/C15H17FN4OS/c1-3-9-20-14(11-7-5-6-8-12(11)16)18-19-15(20)22-10-13(21)17-4-2/h3,5-8H,1,4,9-10H2,2H3,(H,17,21). The quantitative estimate of drug-likeness (QED) is 0.629. The summed E-state index contributed by atoms with van der Waals surface area (Å²) < 4.78 is 15.7. The molecule has 1 N–H and O–H groups in total. The fourth-order valence-corrected chi connectivity index (χ4v) is 2.69. The topological polar surface area (TPSA) is 59.8 Å². The van der Waals surface area contributed by atoms with Crippen LogP contribution in [0.3, 0.4) is 0 Å². The molecule has 0 spiro atoms. The molecule has 0 saturated carbocycles. The molecule has 1 heterocycles. The van der Waals surface area contributed by atoms with Gasteiger partial charge in [-0.15, -0.1) is 16.8 Å². The van der Waals surface area contributed by atoms with Crippen molar-refractivity contribution in [3.63, 3.8) is 0 Å². The molecule has 0 bridgehead atoms. The second-order valence-corrected chi connectivity index (χ2v) is 5.37. The molecule has 0 aliphatic carbocycles. The number of nitrogens with one attached hydrogen (secondary N) is 1. The number of amides is 1. The molecule has 7 heteroatoms. The SMILES string of the molecule is C=CCn1c(SCC(=O)NCC)nnc1-c1ccccc1F. The van der Waals surface area contributed by atoms with Crippen LogP contribution in [0.5, 0.6) is 0 Å². The zero-order valence-corrected chi connectivity index (χ0v) is 13.1. The predicted molar refractivity (Wildman–Crippen MR) is 85.0 cm³/mol. The van der Waals surface area contributed by atoms with E-state index in [2.05, 4.69) is 22.1 Å². The Labute approximate surface area is 132 Å². The first-order valence-corrected chi connectivity index (χ1v) is 7.84. The second-order valence-electron chi connectivity index (χ2n) is 4.43. The van der Waals surface area contributed by atoms with Gasteiger partial charge >= 0.3 is 0 Å². The molecular weight excluding hydrogens is 303 g/mol. The molecule has 22 heavy (non-hydrogen) atoms. The monoisotopic (exact) mass is 320 g/mol. The smallest absolute Gasteiger partial charge is 0.230 e. The third kappa shape index (κ3) is 3.73. The first-order valence-electron chi connectivity index (χ1n) is 6.85. The van der Waals surface area contributed by atoms with Gasteiger partial charge in [-0.2, -0.15) is 0 Å². The van der Waals surface area contributed by atoms with Gasteiger partial charge in [0.25, 0.3) is 0 Å². The average molecular weight is 320 g/mol. The minimum Gasteiger partial charge on any atom is -0.356 e. The number of carbonyl (C=O) groups is 1. The van der Waals surface area contributed by atoms with E-state index in [9.17, 15) is 9.18 Å². The highest BCUT2D eigenvalue weighted by atomic mass is 32.2. The Bertz CT molecular complexity index is 671. The number of nitrogens with zero attached hydrogens (tertiary/aromatic N) is 3. The number of halogens is 1. The van der Waals surface area contributed by atoms with Crippen LogP contribution < -0.4 is 5.32 Å². The van der Waals surface area contributed by atoms with E-state index in [1.807, 2.05) is 6.92 Å². The maximum Gasteiger partial charge on any atom is 0.230 e. The number of hydrogen-bond acceptors (Lipinski definition) is 4. The molecule has 5 nitrogen and oxygen atoms in total. The van der Waals surface area contributed by atoms with Gasteiger partial charge in [-0.3, -0.25) is 9.36 Å². The van der Waals surface area contributed by atoms with Gasteiger partial charge in [0.05, 0.1) is 11.3 Å². The number of allylic oxidation sites excluding steroid dienone is 1. The van der Waals surface area contributed by atoms with E-state index in [1.54, 1.807) is 28.8 Å². The molecule has 0 fully saturated rings. The zero-order chi connectivity index (χ0) is 15.9. The summed E-state index contributed by atoms with van der Waals surface area (Å²) in [5.41, 5.74) is 0.377. The third-order valence-electron chi connectivity index (χ3n) is 2.85. The Morgan fingerprint density at radius 2 is 2.23 bits per heavy atom. The summed E-state index contributed by atoms with van der Waals surface area (Å²) in [5, 5.41) is 11.4. The lowest BCUT2D eigenvalue weighted by atomic mass is 10.2. The molecule has 0 unspecified atom stereocenters. The van der Waals surface area contributed by atoms with Crippen LogP contribution in [0.2, 0.25) is 0 Å². The number of aromatic nitrogens is 3. The predicted octanol–water partition coefficient (Wildman–Crippen LogP) is 2.50. The highest BCUT2D eigenvalue weighted by Gasteiger charge is 2.17. The van der Waals surface area contributed by atoms with E-state index in [0.717, 1.165) is 0 Å². The lowest BCUT2D eigenvalue weighted by Gasteiger charge is -2.08. The molecule has 0 saturated heterocycles. The van der Waals surface area contributed by atoms with E-state index >= 15 is 0 Å². The molecule has 2 aromatic rings. The Morgan fingerprint density at radius 3 is 2.91 bits per heavy atom. The van der Waals surface area contributed by atoms with E-state index in [4.69, 9.17) is 0 Å². The Morgan fingerprint density at radius 1 is 1.45 bits per heavy atom. The van der Waals surface area contributed by atoms with Crippen LogP contribution in [0.25, 0.3) is 11.4 Å². The fourth-order valence-electron chi connectivity index (χ4n) is 1.91. The van der Waals surface area contributed by atoms with Gasteiger partial charge in [-0.1, -0.05) is 30.0 Å². The Balaban J connectivity index is 2.27. The maximum absolute atomic E-state index is 13.9. The van der Waals surface area contributed by atoms with Crippen molar-refractivity contribution in [2.45, 2.75) is 18.6 Å². The van der Waals surface area contributed by atoms with E-state index in [1.165, 1.54) is 17.8 Å². The van der Waals surface area contributed by atoms with Gasteiger partial charge in [0.2, 0.25) is 5.91 Å². The minimum absolute atomic E-state index is 0.0758. The van der Waals surface area contributed by atoms with Crippen LogP contribution in [0, 0.1) is 5.82 Å². The molecule has 0 atom stereocenters. The van der Waals surface area contributed by atoms with Gasteiger partial charge in [-0.05, 0) is 19.1 Å². The van der Waals surface area contributed by atoms with Gasteiger partial charge in [0.1, 0.15) is 5.82 Å². The molecule has 1 aromatic carbocycles. The number of carbonyl (C=O) groups excluding carboxylic acids is 1. The highest BCUT2D eigenvalue weighted by Crippen LogP contribution is 2.25. The van der Waals surface area contributed by atoms with E-state index in [0.29, 0.717) is 29.6 Å².